The number of nitrogens with zero attached hydrogens (tertiary/aromatic N) is 2. The fraction of sp³-hybridized carbons (Fsp3) is 0.143. The minimum atomic E-state index is 0.622. The monoisotopic (exact) mass is 241 g/mol. The molecule has 0 spiro atoms. The van der Waals surface area contributed by atoms with Gasteiger partial charge in [-0.15, -0.1) is 6.58 Å². The van der Waals surface area contributed by atoms with Crippen molar-refractivity contribution in [3.63, 3.8) is 0 Å². The van der Waals surface area contributed by atoms with Crippen molar-refractivity contribution in [2.75, 3.05) is 19.0 Å². The molecule has 1 heterocycles. The summed E-state index contributed by atoms with van der Waals surface area (Å²) in [5.74, 6) is 1.96. The second-order valence-electron chi connectivity index (χ2n) is 3.65. The van der Waals surface area contributed by atoms with Gasteiger partial charge in [0.1, 0.15) is 0 Å². The highest BCUT2D eigenvalue weighted by Crippen LogP contribution is 2.24. The SMILES string of the molecule is C=CCNc1nc(-c2ccccc2)ncc1OC. The maximum atomic E-state index is 5.21. The van der Waals surface area contributed by atoms with Crippen molar-refractivity contribution < 1.29 is 4.74 Å². The highest BCUT2D eigenvalue weighted by Gasteiger charge is 2.07. The Kier molecular flexibility index (Phi) is 3.91. The fourth-order valence-electron chi connectivity index (χ4n) is 1.54. The number of rotatable bonds is 5. The van der Waals surface area contributed by atoms with E-state index < -0.39 is 0 Å². The Balaban J connectivity index is 2.36. The number of methoxy groups -OCH3 is 1. The Hall–Kier alpha value is -2.36. The molecule has 0 aliphatic heterocycles. The number of hydrogen-bond donors (Lipinski definition) is 1. The first-order valence-corrected chi connectivity index (χ1v) is 5.66. The summed E-state index contributed by atoms with van der Waals surface area (Å²) >= 11 is 0. The van der Waals surface area contributed by atoms with Crippen LogP contribution in [0.25, 0.3) is 11.4 Å². The minimum Gasteiger partial charge on any atom is -0.491 e. The van der Waals surface area contributed by atoms with Crippen molar-refractivity contribution in [3.8, 4) is 17.1 Å². The van der Waals surface area contributed by atoms with Crippen LogP contribution >= 0.6 is 0 Å². The van der Waals surface area contributed by atoms with Crippen LogP contribution in [0, 0.1) is 0 Å². The predicted octanol–water partition coefficient (Wildman–Crippen LogP) is 2.75. The quantitative estimate of drug-likeness (QED) is 0.818. The lowest BCUT2D eigenvalue weighted by Crippen LogP contribution is -2.04. The topological polar surface area (TPSA) is 47.0 Å². The molecule has 0 radical (unpaired) electrons. The van der Waals surface area contributed by atoms with E-state index in [1.807, 2.05) is 30.3 Å². The van der Waals surface area contributed by atoms with Gasteiger partial charge in [0, 0.05) is 12.1 Å². The Morgan fingerprint density at radius 1 is 1.33 bits per heavy atom. The van der Waals surface area contributed by atoms with Crippen LogP contribution in [0.2, 0.25) is 0 Å². The highest BCUT2D eigenvalue weighted by atomic mass is 16.5. The van der Waals surface area contributed by atoms with Gasteiger partial charge in [0.2, 0.25) is 0 Å². The molecule has 92 valence electrons. The molecular weight excluding hydrogens is 226 g/mol. The van der Waals surface area contributed by atoms with E-state index >= 15 is 0 Å². The summed E-state index contributed by atoms with van der Waals surface area (Å²) in [6.45, 7) is 4.29. The third kappa shape index (κ3) is 2.66. The molecule has 1 N–H and O–H groups in total. The van der Waals surface area contributed by atoms with Crippen molar-refractivity contribution in [2.45, 2.75) is 0 Å². The molecule has 1 aromatic carbocycles. The Bertz CT molecular complexity index is 526. The highest BCUT2D eigenvalue weighted by molar-refractivity contribution is 5.60. The third-order valence-corrected chi connectivity index (χ3v) is 2.42. The largest absolute Gasteiger partial charge is 0.491 e. The summed E-state index contributed by atoms with van der Waals surface area (Å²) < 4.78 is 5.21. The van der Waals surface area contributed by atoms with Gasteiger partial charge >= 0.3 is 0 Å². The van der Waals surface area contributed by atoms with Crippen molar-refractivity contribution in [2.24, 2.45) is 0 Å². The molecule has 0 aliphatic carbocycles. The third-order valence-electron chi connectivity index (χ3n) is 2.42. The van der Waals surface area contributed by atoms with Crippen LogP contribution in [0.15, 0.2) is 49.2 Å². The average molecular weight is 241 g/mol. The van der Waals surface area contributed by atoms with Gasteiger partial charge in [0.05, 0.1) is 13.3 Å². The summed E-state index contributed by atoms with van der Waals surface area (Å²) in [5.41, 5.74) is 0.974. The Morgan fingerprint density at radius 3 is 2.78 bits per heavy atom. The number of aromatic nitrogens is 2. The van der Waals surface area contributed by atoms with E-state index in [9.17, 15) is 0 Å². The van der Waals surface area contributed by atoms with Gasteiger partial charge in [0.15, 0.2) is 17.4 Å². The van der Waals surface area contributed by atoms with E-state index in [0.717, 1.165) is 5.56 Å². The summed E-state index contributed by atoms with van der Waals surface area (Å²) in [7, 11) is 1.60. The Morgan fingerprint density at radius 2 is 2.11 bits per heavy atom. The maximum absolute atomic E-state index is 5.21. The van der Waals surface area contributed by atoms with Gasteiger partial charge in [-0.2, -0.15) is 0 Å². The minimum absolute atomic E-state index is 0.622. The summed E-state index contributed by atoms with van der Waals surface area (Å²) in [4.78, 5) is 8.74. The van der Waals surface area contributed by atoms with E-state index in [1.165, 1.54) is 0 Å². The van der Waals surface area contributed by atoms with E-state index in [2.05, 4.69) is 21.9 Å². The zero-order chi connectivity index (χ0) is 12.8. The summed E-state index contributed by atoms with van der Waals surface area (Å²) in [6.07, 6.45) is 3.44. The van der Waals surface area contributed by atoms with Crippen molar-refractivity contribution >= 4 is 5.82 Å². The standard InChI is InChI=1S/C14H15N3O/c1-3-9-15-14-12(18-2)10-16-13(17-14)11-7-5-4-6-8-11/h3-8,10H,1,9H2,2H3,(H,15,16,17). The number of benzene rings is 1. The molecule has 0 atom stereocenters. The molecule has 0 saturated heterocycles. The smallest absolute Gasteiger partial charge is 0.179 e. The molecular formula is C14H15N3O. The van der Waals surface area contributed by atoms with E-state index in [1.54, 1.807) is 19.4 Å². The van der Waals surface area contributed by atoms with E-state index in [-0.39, 0.29) is 0 Å². The Labute approximate surface area is 106 Å². The predicted molar refractivity (Wildman–Crippen MR) is 72.7 cm³/mol. The average Bonchev–Trinajstić information content (AvgIpc) is 2.45. The second-order valence-corrected chi connectivity index (χ2v) is 3.65. The first kappa shape index (κ1) is 12.1. The van der Waals surface area contributed by atoms with Crippen LogP contribution in [0.3, 0.4) is 0 Å². The molecule has 4 heteroatoms. The maximum Gasteiger partial charge on any atom is 0.179 e. The van der Waals surface area contributed by atoms with Crippen LogP contribution in [0.5, 0.6) is 5.75 Å². The number of hydrogen-bond acceptors (Lipinski definition) is 4. The van der Waals surface area contributed by atoms with E-state index in [0.29, 0.717) is 23.9 Å². The van der Waals surface area contributed by atoms with Gasteiger partial charge in [-0.25, -0.2) is 9.97 Å². The molecule has 18 heavy (non-hydrogen) atoms. The first-order valence-electron chi connectivity index (χ1n) is 5.66. The lowest BCUT2D eigenvalue weighted by molar-refractivity contribution is 0.413. The molecule has 0 amide bonds. The normalized spacial score (nSPS) is 9.83. The number of nitrogens with one attached hydrogen (secondary N) is 1. The van der Waals surface area contributed by atoms with Gasteiger partial charge in [0.25, 0.3) is 0 Å². The first-order chi connectivity index (χ1) is 8.85. The molecule has 2 rings (SSSR count). The molecule has 0 bridgehead atoms. The van der Waals surface area contributed by atoms with Crippen LogP contribution in [0.1, 0.15) is 0 Å². The van der Waals surface area contributed by atoms with Crippen molar-refractivity contribution in [1.29, 1.82) is 0 Å². The van der Waals surface area contributed by atoms with Crippen LogP contribution in [0.4, 0.5) is 5.82 Å². The van der Waals surface area contributed by atoms with Crippen molar-refractivity contribution in [1.82, 2.24) is 9.97 Å². The number of ether oxygens (including phenoxy) is 1. The van der Waals surface area contributed by atoms with Crippen molar-refractivity contribution in [3.05, 3.63) is 49.2 Å². The second kappa shape index (κ2) is 5.82. The van der Waals surface area contributed by atoms with Gasteiger partial charge < -0.3 is 10.1 Å². The van der Waals surface area contributed by atoms with Crippen LogP contribution in [-0.2, 0) is 0 Å². The zero-order valence-electron chi connectivity index (χ0n) is 10.3. The molecule has 0 saturated carbocycles. The zero-order valence-corrected chi connectivity index (χ0v) is 10.3. The molecule has 0 aliphatic rings. The molecule has 2 aromatic rings. The molecule has 0 unspecified atom stereocenters. The van der Waals surface area contributed by atoms with Crippen LogP contribution < -0.4 is 10.1 Å². The summed E-state index contributed by atoms with van der Waals surface area (Å²) in [5, 5.41) is 3.13. The van der Waals surface area contributed by atoms with E-state index in [4.69, 9.17) is 4.74 Å². The molecule has 4 nitrogen and oxygen atoms in total. The molecule has 1 aromatic heterocycles. The summed E-state index contributed by atoms with van der Waals surface area (Å²) in [6, 6.07) is 9.82. The lowest BCUT2D eigenvalue weighted by atomic mass is 10.2. The lowest BCUT2D eigenvalue weighted by Gasteiger charge is -2.09. The van der Waals surface area contributed by atoms with Gasteiger partial charge in [-0.1, -0.05) is 36.4 Å². The molecule has 0 fully saturated rings. The fourth-order valence-corrected chi connectivity index (χ4v) is 1.54. The van der Waals surface area contributed by atoms with Crippen LogP contribution in [-0.4, -0.2) is 23.6 Å². The number of anilines is 1. The van der Waals surface area contributed by atoms with Gasteiger partial charge in [-0.3, -0.25) is 0 Å². The van der Waals surface area contributed by atoms with Gasteiger partial charge in [-0.05, 0) is 0 Å².